The lowest BCUT2D eigenvalue weighted by atomic mass is 9.79. The molecule has 1 unspecified atom stereocenters. The molecule has 0 radical (unpaired) electrons. The largest absolute Gasteiger partial charge is 0.466 e. The molecule has 2 aromatic carbocycles. The molecule has 5 rings (SSSR count). The molecule has 1 aromatic heterocycles. The first-order valence-electron chi connectivity index (χ1n) is 12.7. The number of nitrogens with one attached hydrogen (secondary N) is 1. The van der Waals surface area contributed by atoms with Crippen molar-refractivity contribution in [2.75, 3.05) is 6.61 Å². The van der Waals surface area contributed by atoms with Crippen LogP contribution < -0.4 is 5.32 Å². The predicted octanol–water partition coefficient (Wildman–Crippen LogP) is 5.89. The summed E-state index contributed by atoms with van der Waals surface area (Å²) in [7, 11) is 0. The number of para-hydroxylation sites is 1. The van der Waals surface area contributed by atoms with Crippen molar-refractivity contribution in [3.63, 3.8) is 0 Å². The number of rotatable bonds is 5. The van der Waals surface area contributed by atoms with E-state index in [9.17, 15) is 14.0 Å². The SMILES string of the molecule is CCOC(=O)CC1(NC(=O)N2Cc3ccccc3-n3cccc3C2c2ccc(F)cc2)CCCCC1. The number of urea groups is 1. The number of hydrogen-bond donors (Lipinski definition) is 1. The Morgan fingerprint density at radius 1 is 1.03 bits per heavy atom. The molecule has 1 aliphatic carbocycles. The molecule has 2 heterocycles. The second-order valence-corrected chi connectivity index (χ2v) is 9.77. The van der Waals surface area contributed by atoms with Crippen molar-refractivity contribution in [2.24, 2.45) is 0 Å². The monoisotopic (exact) mass is 489 g/mol. The minimum Gasteiger partial charge on any atom is -0.466 e. The van der Waals surface area contributed by atoms with E-state index in [-0.39, 0.29) is 24.2 Å². The Morgan fingerprint density at radius 3 is 2.53 bits per heavy atom. The van der Waals surface area contributed by atoms with Crippen molar-refractivity contribution >= 4 is 12.0 Å². The van der Waals surface area contributed by atoms with Gasteiger partial charge in [0.15, 0.2) is 0 Å². The van der Waals surface area contributed by atoms with Crippen molar-refractivity contribution in [1.82, 2.24) is 14.8 Å². The van der Waals surface area contributed by atoms with Crippen LogP contribution in [-0.4, -0.2) is 33.6 Å². The maximum atomic E-state index is 14.1. The Hall–Kier alpha value is -3.61. The fraction of sp³-hybridized carbons (Fsp3) is 0.379. The van der Waals surface area contributed by atoms with Crippen molar-refractivity contribution in [1.29, 1.82) is 0 Å². The summed E-state index contributed by atoms with van der Waals surface area (Å²) in [4.78, 5) is 28.5. The standard InChI is InChI=1S/C29H32FN3O3/c1-2-36-26(34)19-29(16-6-3-7-17-29)31-28(35)33-20-22-9-4-5-10-24(22)32-18-8-11-25(32)27(33)21-12-14-23(30)15-13-21/h4-5,8-15,18,27H,2-3,6-7,16-17,19-20H2,1H3,(H,31,35). The number of ether oxygens (including phenoxy) is 1. The molecule has 1 fully saturated rings. The maximum absolute atomic E-state index is 14.1. The van der Waals surface area contributed by atoms with Gasteiger partial charge in [0, 0.05) is 11.9 Å². The summed E-state index contributed by atoms with van der Waals surface area (Å²) >= 11 is 0. The van der Waals surface area contributed by atoms with Crippen molar-refractivity contribution in [2.45, 2.75) is 63.6 Å². The number of nitrogens with zero attached hydrogens (tertiary/aromatic N) is 2. The van der Waals surface area contributed by atoms with Gasteiger partial charge in [0.25, 0.3) is 0 Å². The minimum absolute atomic E-state index is 0.161. The van der Waals surface area contributed by atoms with E-state index in [0.717, 1.165) is 54.6 Å². The molecule has 1 aliphatic heterocycles. The number of carbonyl (C=O) groups is 2. The number of hydrogen-bond acceptors (Lipinski definition) is 3. The molecular formula is C29H32FN3O3. The van der Waals surface area contributed by atoms with E-state index in [1.54, 1.807) is 19.1 Å². The van der Waals surface area contributed by atoms with Gasteiger partial charge in [-0.05, 0) is 61.2 Å². The average molecular weight is 490 g/mol. The van der Waals surface area contributed by atoms with E-state index in [1.807, 2.05) is 47.5 Å². The number of carbonyl (C=O) groups excluding carboxylic acids is 2. The molecule has 0 bridgehead atoms. The Kier molecular flexibility index (Phi) is 6.81. The third-order valence-corrected chi connectivity index (χ3v) is 7.38. The van der Waals surface area contributed by atoms with Crippen LogP contribution in [-0.2, 0) is 16.1 Å². The van der Waals surface area contributed by atoms with Gasteiger partial charge in [-0.3, -0.25) is 4.79 Å². The number of amides is 2. The van der Waals surface area contributed by atoms with E-state index >= 15 is 0 Å². The summed E-state index contributed by atoms with van der Waals surface area (Å²) in [6.07, 6.45) is 6.62. The van der Waals surface area contributed by atoms with Gasteiger partial charge >= 0.3 is 12.0 Å². The molecule has 36 heavy (non-hydrogen) atoms. The Labute approximate surface area is 211 Å². The zero-order chi connectivity index (χ0) is 25.1. The molecular weight excluding hydrogens is 457 g/mol. The second kappa shape index (κ2) is 10.2. The number of halogens is 1. The molecule has 1 N–H and O–H groups in total. The Bertz CT molecular complexity index is 1230. The van der Waals surface area contributed by atoms with Gasteiger partial charge in [0.2, 0.25) is 0 Å². The summed E-state index contributed by atoms with van der Waals surface area (Å²) in [6.45, 7) is 2.48. The second-order valence-electron chi connectivity index (χ2n) is 9.77. The normalized spacial score (nSPS) is 18.5. The summed E-state index contributed by atoms with van der Waals surface area (Å²) in [5.41, 5.74) is 3.13. The average Bonchev–Trinajstić information content (AvgIpc) is 3.29. The molecule has 0 spiro atoms. The molecule has 1 atom stereocenters. The smallest absolute Gasteiger partial charge is 0.318 e. The maximum Gasteiger partial charge on any atom is 0.318 e. The van der Waals surface area contributed by atoms with E-state index in [4.69, 9.17) is 4.74 Å². The highest BCUT2D eigenvalue weighted by atomic mass is 19.1. The van der Waals surface area contributed by atoms with Crippen LogP contribution >= 0.6 is 0 Å². The van der Waals surface area contributed by atoms with Gasteiger partial charge < -0.3 is 19.5 Å². The van der Waals surface area contributed by atoms with Gasteiger partial charge in [-0.1, -0.05) is 49.6 Å². The molecule has 2 amide bonds. The van der Waals surface area contributed by atoms with Gasteiger partial charge in [-0.2, -0.15) is 0 Å². The van der Waals surface area contributed by atoms with Crippen LogP contribution in [0.3, 0.4) is 0 Å². The third kappa shape index (κ3) is 4.74. The highest BCUT2D eigenvalue weighted by Crippen LogP contribution is 2.38. The van der Waals surface area contributed by atoms with Gasteiger partial charge in [0.05, 0.1) is 36.8 Å². The van der Waals surface area contributed by atoms with Crippen molar-refractivity contribution in [3.05, 3.63) is 89.5 Å². The first-order chi connectivity index (χ1) is 17.5. The summed E-state index contributed by atoms with van der Waals surface area (Å²) in [5, 5.41) is 3.29. The van der Waals surface area contributed by atoms with E-state index < -0.39 is 11.6 Å². The van der Waals surface area contributed by atoms with E-state index in [1.165, 1.54) is 12.1 Å². The van der Waals surface area contributed by atoms with Gasteiger partial charge in [-0.25, -0.2) is 9.18 Å². The summed E-state index contributed by atoms with van der Waals surface area (Å²) in [6, 6.07) is 17.7. The van der Waals surface area contributed by atoms with Gasteiger partial charge in [-0.15, -0.1) is 0 Å². The number of aromatic nitrogens is 1. The van der Waals surface area contributed by atoms with Crippen LogP contribution in [0, 0.1) is 5.82 Å². The molecule has 188 valence electrons. The van der Waals surface area contributed by atoms with Crippen LogP contribution in [0.25, 0.3) is 5.69 Å². The van der Waals surface area contributed by atoms with E-state index in [2.05, 4.69) is 9.88 Å². The van der Waals surface area contributed by atoms with Crippen LogP contribution in [0.15, 0.2) is 66.9 Å². The van der Waals surface area contributed by atoms with Crippen LogP contribution in [0.4, 0.5) is 9.18 Å². The predicted molar refractivity (Wildman–Crippen MR) is 135 cm³/mol. The van der Waals surface area contributed by atoms with Gasteiger partial charge in [0.1, 0.15) is 5.82 Å². The Morgan fingerprint density at radius 2 is 1.78 bits per heavy atom. The van der Waals surface area contributed by atoms with E-state index in [0.29, 0.717) is 13.2 Å². The lowest BCUT2D eigenvalue weighted by Crippen LogP contribution is -2.55. The zero-order valence-corrected chi connectivity index (χ0v) is 20.6. The molecule has 6 nitrogen and oxygen atoms in total. The first kappa shape index (κ1) is 24.1. The fourth-order valence-electron chi connectivity index (χ4n) is 5.70. The first-order valence-corrected chi connectivity index (χ1v) is 12.7. The van der Waals surface area contributed by atoms with Crippen LogP contribution in [0.2, 0.25) is 0 Å². The molecule has 2 aliphatic rings. The third-order valence-electron chi connectivity index (χ3n) is 7.38. The van der Waals surface area contributed by atoms with Crippen LogP contribution in [0.5, 0.6) is 0 Å². The topological polar surface area (TPSA) is 63.6 Å². The molecule has 3 aromatic rings. The van der Waals surface area contributed by atoms with Crippen molar-refractivity contribution in [3.8, 4) is 5.69 Å². The van der Waals surface area contributed by atoms with Crippen LogP contribution in [0.1, 0.15) is 68.3 Å². The number of benzene rings is 2. The summed E-state index contributed by atoms with van der Waals surface area (Å²) in [5.74, 6) is -0.609. The molecule has 1 saturated carbocycles. The molecule has 7 heteroatoms. The zero-order valence-electron chi connectivity index (χ0n) is 20.6. The molecule has 0 saturated heterocycles. The minimum atomic E-state index is -0.636. The number of esters is 1. The lowest BCUT2D eigenvalue weighted by molar-refractivity contribution is -0.145. The van der Waals surface area contributed by atoms with Crippen molar-refractivity contribution < 1.29 is 18.7 Å². The number of fused-ring (bicyclic) bond motifs is 3. The highest BCUT2D eigenvalue weighted by Gasteiger charge is 2.40. The summed E-state index contributed by atoms with van der Waals surface area (Å²) < 4.78 is 21.2. The fourth-order valence-corrected chi connectivity index (χ4v) is 5.70. The highest BCUT2D eigenvalue weighted by molar-refractivity contribution is 5.79. The lowest BCUT2D eigenvalue weighted by Gasteiger charge is -2.40. The quantitative estimate of drug-likeness (QED) is 0.455. The Balaban J connectivity index is 1.55.